The molecule has 8 heteroatoms. The molecule has 2 heterocycles. The van der Waals surface area contributed by atoms with Crippen molar-refractivity contribution in [1.82, 2.24) is 24.7 Å². The highest BCUT2D eigenvalue weighted by Crippen LogP contribution is 2.03. The molecular formula is C9H11N7S. The Morgan fingerprint density at radius 2 is 2.29 bits per heavy atom. The number of nitrogens with zero attached hydrogens (tertiary/aromatic N) is 5. The van der Waals surface area contributed by atoms with Crippen molar-refractivity contribution in [2.75, 3.05) is 5.32 Å². The van der Waals surface area contributed by atoms with E-state index in [1.165, 1.54) is 6.20 Å². The van der Waals surface area contributed by atoms with Gasteiger partial charge in [-0.05, 0) is 0 Å². The van der Waals surface area contributed by atoms with E-state index in [0.717, 1.165) is 5.82 Å². The van der Waals surface area contributed by atoms with E-state index in [1.807, 2.05) is 11.6 Å². The first-order valence-corrected chi connectivity index (χ1v) is 5.26. The van der Waals surface area contributed by atoms with Crippen molar-refractivity contribution in [1.29, 1.82) is 0 Å². The molecule has 0 radical (unpaired) electrons. The van der Waals surface area contributed by atoms with E-state index in [9.17, 15) is 0 Å². The Kier molecular flexibility index (Phi) is 3.24. The molecule has 0 saturated carbocycles. The minimum Gasteiger partial charge on any atom is -0.388 e. The maximum Gasteiger partial charge on any atom is 0.151 e. The molecule has 0 amide bonds. The SMILES string of the molecule is Cn1cnnc1CNc1cnc(C(N)=S)cn1. The zero-order valence-electron chi connectivity index (χ0n) is 9.16. The fourth-order valence-electron chi connectivity index (χ4n) is 1.18. The lowest BCUT2D eigenvalue weighted by molar-refractivity contribution is 0.809. The Morgan fingerprint density at radius 3 is 2.82 bits per heavy atom. The Hall–Kier alpha value is -2.09. The van der Waals surface area contributed by atoms with Crippen molar-refractivity contribution in [2.45, 2.75) is 6.54 Å². The van der Waals surface area contributed by atoms with Gasteiger partial charge in [0, 0.05) is 7.05 Å². The minimum atomic E-state index is 0.234. The molecule has 0 spiro atoms. The number of aryl methyl sites for hydroxylation is 1. The van der Waals surface area contributed by atoms with Gasteiger partial charge in [0.05, 0.1) is 18.9 Å². The van der Waals surface area contributed by atoms with Gasteiger partial charge in [-0.3, -0.25) is 0 Å². The molecule has 2 rings (SSSR count). The Balaban J connectivity index is 2.00. The highest BCUT2D eigenvalue weighted by Gasteiger charge is 2.02. The fraction of sp³-hybridized carbons (Fsp3) is 0.222. The van der Waals surface area contributed by atoms with Gasteiger partial charge in [-0.1, -0.05) is 12.2 Å². The van der Waals surface area contributed by atoms with E-state index < -0.39 is 0 Å². The molecule has 2 aromatic rings. The van der Waals surface area contributed by atoms with Crippen LogP contribution in [0.1, 0.15) is 11.5 Å². The zero-order valence-corrected chi connectivity index (χ0v) is 9.98. The molecule has 0 aliphatic carbocycles. The van der Waals surface area contributed by atoms with E-state index in [0.29, 0.717) is 18.1 Å². The quantitative estimate of drug-likeness (QED) is 0.728. The maximum atomic E-state index is 5.42. The molecule has 3 N–H and O–H groups in total. The van der Waals surface area contributed by atoms with Crippen molar-refractivity contribution < 1.29 is 0 Å². The summed E-state index contributed by atoms with van der Waals surface area (Å²) in [7, 11) is 1.87. The van der Waals surface area contributed by atoms with Crippen molar-refractivity contribution >= 4 is 23.0 Å². The smallest absolute Gasteiger partial charge is 0.151 e. The van der Waals surface area contributed by atoms with Gasteiger partial charge in [0.2, 0.25) is 0 Å². The molecule has 88 valence electrons. The zero-order chi connectivity index (χ0) is 12.3. The summed E-state index contributed by atoms with van der Waals surface area (Å²) in [5.41, 5.74) is 5.93. The van der Waals surface area contributed by atoms with Crippen LogP contribution in [0.3, 0.4) is 0 Å². The summed E-state index contributed by atoms with van der Waals surface area (Å²) in [5.74, 6) is 1.44. The van der Waals surface area contributed by atoms with Crippen LogP contribution in [-0.2, 0) is 13.6 Å². The predicted molar refractivity (Wildman–Crippen MR) is 66.2 cm³/mol. The second kappa shape index (κ2) is 4.83. The average Bonchev–Trinajstić information content (AvgIpc) is 2.73. The molecule has 0 aliphatic heterocycles. The first-order chi connectivity index (χ1) is 8.16. The molecule has 7 nitrogen and oxygen atoms in total. The summed E-state index contributed by atoms with van der Waals surface area (Å²) in [5, 5.41) is 10.8. The molecule has 0 bridgehead atoms. The first-order valence-electron chi connectivity index (χ1n) is 4.85. The minimum absolute atomic E-state index is 0.234. The molecule has 0 atom stereocenters. The van der Waals surface area contributed by atoms with Gasteiger partial charge in [0.1, 0.15) is 22.8 Å². The van der Waals surface area contributed by atoms with E-state index in [-0.39, 0.29) is 4.99 Å². The number of aromatic nitrogens is 5. The van der Waals surface area contributed by atoms with Gasteiger partial charge >= 0.3 is 0 Å². The largest absolute Gasteiger partial charge is 0.388 e. The molecule has 17 heavy (non-hydrogen) atoms. The number of nitrogens with two attached hydrogens (primary N) is 1. The topological polar surface area (TPSA) is 94.5 Å². The van der Waals surface area contributed by atoms with Gasteiger partial charge in [-0.25, -0.2) is 9.97 Å². The van der Waals surface area contributed by atoms with Gasteiger partial charge in [0.25, 0.3) is 0 Å². The number of thiocarbonyl (C=S) groups is 1. The van der Waals surface area contributed by atoms with Crippen LogP contribution >= 0.6 is 12.2 Å². The second-order valence-corrected chi connectivity index (χ2v) is 3.80. The highest BCUT2D eigenvalue weighted by atomic mass is 32.1. The summed E-state index contributed by atoms with van der Waals surface area (Å²) in [6.07, 6.45) is 4.74. The lowest BCUT2D eigenvalue weighted by Gasteiger charge is -2.04. The van der Waals surface area contributed by atoms with Gasteiger partial charge in [-0.15, -0.1) is 10.2 Å². The Bertz CT molecular complexity index is 518. The summed E-state index contributed by atoms with van der Waals surface area (Å²) in [6.45, 7) is 0.525. The molecule has 0 saturated heterocycles. The lowest BCUT2D eigenvalue weighted by atomic mass is 10.4. The number of rotatable bonds is 4. The maximum absolute atomic E-state index is 5.42. The summed E-state index contributed by atoms with van der Waals surface area (Å²) >= 11 is 4.79. The third-order valence-corrected chi connectivity index (χ3v) is 2.35. The van der Waals surface area contributed by atoms with Crippen LogP contribution < -0.4 is 11.1 Å². The molecule has 0 aliphatic rings. The molecule has 0 unspecified atom stereocenters. The van der Waals surface area contributed by atoms with Crippen LogP contribution in [0.15, 0.2) is 18.7 Å². The third kappa shape index (κ3) is 2.72. The number of hydrogen-bond acceptors (Lipinski definition) is 6. The molecule has 0 fully saturated rings. The lowest BCUT2D eigenvalue weighted by Crippen LogP contribution is -2.13. The van der Waals surface area contributed by atoms with Crippen molar-refractivity contribution in [3.05, 3.63) is 30.2 Å². The van der Waals surface area contributed by atoms with Crippen LogP contribution in [0, 0.1) is 0 Å². The van der Waals surface area contributed by atoms with E-state index in [1.54, 1.807) is 12.5 Å². The van der Waals surface area contributed by atoms with Gasteiger partial charge < -0.3 is 15.6 Å². The first kappa shape index (κ1) is 11.4. The predicted octanol–water partition coefficient (Wildman–Crippen LogP) is -0.149. The van der Waals surface area contributed by atoms with Crippen molar-refractivity contribution in [3.63, 3.8) is 0 Å². The van der Waals surface area contributed by atoms with Crippen LogP contribution in [0.2, 0.25) is 0 Å². The summed E-state index contributed by atoms with van der Waals surface area (Å²) < 4.78 is 1.82. The van der Waals surface area contributed by atoms with E-state index >= 15 is 0 Å². The average molecular weight is 249 g/mol. The monoisotopic (exact) mass is 249 g/mol. The molecular weight excluding hydrogens is 238 g/mol. The standard InChI is InChI=1S/C9H11N7S/c1-16-5-14-15-8(16)4-13-7-3-11-6(2-12-7)9(10)17/h2-3,5H,4H2,1H3,(H2,10,17)(H,12,13). The van der Waals surface area contributed by atoms with Crippen molar-refractivity contribution in [3.8, 4) is 0 Å². The number of anilines is 1. The van der Waals surface area contributed by atoms with Crippen LogP contribution in [0.4, 0.5) is 5.82 Å². The Labute approximate surface area is 103 Å². The third-order valence-electron chi connectivity index (χ3n) is 2.14. The fourth-order valence-corrected chi connectivity index (χ4v) is 1.29. The van der Waals surface area contributed by atoms with E-state index in [4.69, 9.17) is 18.0 Å². The van der Waals surface area contributed by atoms with Crippen LogP contribution in [0.5, 0.6) is 0 Å². The van der Waals surface area contributed by atoms with Crippen LogP contribution in [-0.4, -0.2) is 29.7 Å². The summed E-state index contributed by atoms with van der Waals surface area (Å²) in [6, 6.07) is 0. The van der Waals surface area contributed by atoms with E-state index in [2.05, 4.69) is 25.5 Å². The normalized spacial score (nSPS) is 10.2. The molecule has 0 aromatic carbocycles. The highest BCUT2D eigenvalue weighted by molar-refractivity contribution is 7.80. The summed E-state index contributed by atoms with van der Waals surface area (Å²) in [4.78, 5) is 8.43. The van der Waals surface area contributed by atoms with Crippen LogP contribution in [0.25, 0.3) is 0 Å². The van der Waals surface area contributed by atoms with Crippen molar-refractivity contribution in [2.24, 2.45) is 12.8 Å². The molecule has 2 aromatic heterocycles. The van der Waals surface area contributed by atoms with Gasteiger partial charge in [-0.2, -0.15) is 0 Å². The van der Waals surface area contributed by atoms with Gasteiger partial charge in [0.15, 0.2) is 5.82 Å². The second-order valence-electron chi connectivity index (χ2n) is 3.36. The Morgan fingerprint density at radius 1 is 1.47 bits per heavy atom. The number of hydrogen-bond donors (Lipinski definition) is 2. The number of nitrogens with one attached hydrogen (secondary N) is 1.